The van der Waals surface area contributed by atoms with Gasteiger partial charge < -0.3 is 25.7 Å². The third-order valence-electron chi connectivity index (χ3n) is 2.72. The van der Waals surface area contributed by atoms with Crippen molar-refractivity contribution in [3.05, 3.63) is 5.69 Å². The molecule has 10 heteroatoms. The molecule has 1 atom stereocenters. The van der Waals surface area contributed by atoms with Crippen LogP contribution in [0.15, 0.2) is 9.78 Å². The lowest BCUT2D eigenvalue weighted by atomic mass is 10.3. The summed E-state index contributed by atoms with van der Waals surface area (Å²) in [7, 11) is 0. The number of rotatable bonds is 4. The van der Waals surface area contributed by atoms with E-state index >= 15 is 0 Å². The van der Waals surface area contributed by atoms with Crippen LogP contribution >= 0.6 is 0 Å². The zero-order valence-electron chi connectivity index (χ0n) is 9.89. The summed E-state index contributed by atoms with van der Waals surface area (Å²) in [4.78, 5) is 12.8. The van der Waals surface area contributed by atoms with E-state index in [2.05, 4.69) is 20.1 Å². The lowest BCUT2D eigenvalue weighted by Crippen LogP contribution is -2.33. The van der Waals surface area contributed by atoms with Gasteiger partial charge in [-0.15, -0.1) is 0 Å². The van der Waals surface area contributed by atoms with Crippen LogP contribution in [0.4, 0.5) is 0 Å². The second-order valence-corrected chi connectivity index (χ2v) is 3.93. The lowest BCUT2D eigenvalue weighted by Gasteiger charge is -2.14. The Bertz CT molecular complexity index is 487. The Morgan fingerprint density at radius 3 is 3.11 bits per heavy atom. The van der Waals surface area contributed by atoms with Crippen molar-refractivity contribution >= 4 is 11.7 Å². The number of amidine groups is 1. The molecule has 0 spiro atoms. The number of aliphatic hydroxyl groups excluding tert-OH is 1. The summed E-state index contributed by atoms with van der Waals surface area (Å²) in [5.74, 6) is -0.642. The van der Waals surface area contributed by atoms with Crippen molar-refractivity contribution in [2.75, 3.05) is 19.7 Å². The highest BCUT2D eigenvalue weighted by Gasteiger charge is 2.29. The van der Waals surface area contributed by atoms with E-state index in [-0.39, 0.29) is 29.4 Å². The average molecular weight is 271 g/mol. The average Bonchev–Trinajstić information content (AvgIpc) is 3.06. The first-order chi connectivity index (χ1) is 9.15. The first kappa shape index (κ1) is 13.1. The van der Waals surface area contributed by atoms with Gasteiger partial charge in [0.05, 0.1) is 6.54 Å². The number of carbonyl (C=O) groups excluding carboxylic acids is 1. The van der Waals surface area contributed by atoms with Gasteiger partial charge in [0.1, 0.15) is 12.7 Å². The molecular weight excluding hydrogens is 258 g/mol. The van der Waals surface area contributed by atoms with E-state index < -0.39 is 6.61 Å². The van der Waals surface area contributed by atoms with Crippen molar-refractivity contribution in [2.24, 2.45) is 10.9 Å². The van der Waals surface area contributed by atoms with E-state index in [1.165, 1.54) is 4.90 Å². The van der Waals surface area contributed by atoms with E-state index in [9.17, 15) is 4.79 Å². The summed E-state index contributed by atoms with van der Waals surface area (Å²) in [5.41, 5.74) is 5.37. The molecule has 0 radical (unpaired) electrons. The number of aliphatic hydroxyl groups is 1. The molecule has 2 heterocycles. The number of carbonyl (C=O) groups is 1. The van der Waals surface area contributed by atoms with Crippen LogP contribution in [-0.4, -0.2) is 63.1 Å². The summed E-state index contributed by atoms with van der Waals surface area (Å²) in [6, 6.07) is 0. The SMILES string of the molecule is N/C(=N\O)c1nonc1O[C@H]1CCN(C(=O)CO)C1. The first-order valence-corrected chi connectivity index (χ1v) is 5.51. The molecule has 1 fully saturated rings. The molecule has 0 saturated carbocycles. The van der Waals surface area contributed by atoms with Crippen molar-refractivity contribution in [1.29, 1.82) is 0 Å². The Hall–Kier alpha value is -2.36. The normalized spacial score (nSPS) is 19.7. The van der Waals surface area contributed by atoms with Crippen molar-refractivity contribution in [3.8, 4) is 5.88 Å². The van der Waals surface area contributed by atoms with E-state index in [1.807, 2.05) is 0 Å². The fourth-order valence-corrected chi connectivity index (χ4v) is 1.77. The molecule has 4 N–H and O–H groups in total. The zero-order chi connectivity index (χ0) is 13.8. The molecule has 0 unspecified atom stereocenters. The molecule has 2 rings (SSSR count). The summed E-state index contributed by atoms with van der Waals surface area (Å²) in [6.07, 6.45) is 0.265. The number of hydrogen-bond acceptors (Lipinski definition) is 8. The Morgan fingerprint density at radius 1 is 1.63 bits per heavy atom. The first-order valence-electron chi connectivity index (χ1n) is 5.51. The van der Waals surface area contributed by atoms with Gasteiger partial charge in [-0.1, -0.05) is 5.16 Å². The van der Waals surface area contributed by atoms with E-state index in [4.69, 9.17) is 20.8 Å². The molecule has 1 aliphatic heterocycles. The van der Waals surface area contributed by atoms with Crippen LogP contribution in [0.5, 0.6) is 5.88 Å². The predicted octanol–water partition coefficient (Wildman–Crippen LogP) is -1.86. The maximum Gasteiger partial charge on any atom is 0.287 e. The van der Waals surface area contributed by atoms with Crippen molar-refractivity contribution < 1.29 is 24.5 Å². The van der Waals surface area contributed by atoms with Gasteiger partial charge in [-0.05, 0) is 10.3 Å². The number of hydrogen-bond donors (Lipinski definition) is 3. The lowest BCUT2D eigenvalue weighted by molar-refractivity contribution is -0.133. The molecule has 19 heavy (non-hydrogen) atoms. The second kappa shape index (κ2) is 5.52. The van der Waals surface area contributed by atoms with Gasteiger partial charge in [0.25, 0.3) is 5.88 Å². The standard InChI is InChI=1S/C9H13N5O5/c10-8(11-17)7-9(13-19-12-7)18-5-1-2-14(3-5)6(16)4-15/h5,15,17H,1-4H2,(H2,10,11)/t5-/m0/s1. The number of amides is 1. The summed E-state index contributed by atoms with van der Waals surface area (Å²) >= 11 is 0. The minimum absolute atomic E-state index is 0.00130. The minimum Gasteiger partial charge on any atom is -0.469 e. The van der Waals surface area contributed by atoms with Crippen LogP contribution in [0.2, 0.25) is 0 Å². The smallest absolute Gasteiger partial charge is 0.287 e. The van der Waals surface area contributed by atoms with Crippen molar-refractivity contribution in [1.82, 2.24) is 15.2 Å². The Kier molecular flexibility index (Phi) is 3.80. The van der Waals surface area contributed by atoms with E-state index in [0.29, 0.717) is 19.5 Å². The van der Waals surface area contributed by atoms with Gasteiger partial charge in [-0.25, -0.2) is 4.63 Å². The maximum atomic E-state index is 11.3. The molecule has 104 valence electrons. The number of aromatic nitrogens is 2. The van der Waals surface area contributed by atoms with Gasteiger partial charge in [-0.2, -0.15) is 0 Å². The highest BCUT2D eigenvalue weighted by Crippen LogP contribution is 2.19. The zero-order valence-corrected chi connectivity index (χ0v) is 9.89. The minimum atomic E-state index is -0.534. The van der Waals surface area contributed by atoms with Crippen LogP contribution in [0, 0.1) is 0 Å². The number of ether oxygens (including phenoxy) is 1. The van der Waals surface area contributed by atoms with E-state index in [1.54, 1.807) is 0 Å². The highest BCUT2D eigenvalue weighted by atomic mass is 16.6. The number of nitrogens with zero attached hydrogens (tertiary/aromatic N) is 4. The number of oxime groups is 1. The fourth-order valence-electron chi connectivity index (χ4n) is 1.77. The Balaban J connectivity index is 2.00. The largest absolute Gasteiger partial charge is 0.469 e. The van der Waals surface area contributed by atoms with Crippen LogP contribution in [0.3, 0.4) is 0 Å². The van der Waals surface area contributed by atoms with E-state index in [0.717, 1.165) is 0 Å². The molecule has 0 aliphatic carbocycles. The summed E-state index contributed by atoms with van der Waals surface area (Å²) in [6.45, 7) is 0.268. The van der Waals surface area contributed by atoms with Crippen molar-refractivity contribution in [3.63, 3.8) is 0 Å². The molecular formula is C9H13N5O5. The summed E-state index contributed by atoms with van der Waals surface area (Å²) < 4.78 is 9.94. The predicted molar refractivity (Wildman–Crippen MR) is 59.5 cm³/mol. The fraction of sp³-hybridized carbons (Fsp3) is 0.556. The van der Waals surface area contributed by atoms with Crippen molar-refractivity contribution in [2.45, 2.75) is 12.5 Å². The molecule has 0 aromatic carbocycles. The molecule has 1 aromatic rings. The number of likely N-dealkylation sites (tertiary alicyclic amines) is 1. The van der Waals surface area contributed by atoms with Gasteiger partial charge in [0.15, 0.2) is 5.84 Å². The molecule has 0 bridgehead atoms. The van der Waals surface area contributed by atoms with Gasteiger partial charge in [-0.3, -0.25) is 4.79 Å². The molecule has 10 nitrogen and oxygen atoms in total. The Morgan fingerprint density at radius 2 is 2.42 bits per heavy atom. The summed E-state index contributed by atoms with van der Waals surface area (Å²) in [5, 5.41) is 27.0. The van der Waals surface area contributed by atoms with Crippen LogP contribution in [0.1, 0.15) is 12.1 Å². The molecule has 1 aromatic heterocycles. The van der Waals surface area contributed by atoms with Gasteiger partial charge >= 0.3 is 0 Å². The molecule has 1 amide bonds. The van der Waals surface area contributed by atoms with Crippen LogP contribution in [-0.2, 0) is 4.79 Å². The quantitative estimate of drug-likeness (QED) is 0.250. The van der Waals surface area contributed by atoms with Crippen LogP contribution < -0.4 is 10.5 Å². The monoisotopic (exact) mass is 271 g/mol. The third kappa shape index (κ3) is 2.73. The topological polar surface area (TPSA) is 147 Å². The highest BCUT2D eigenvalue weighted by molar-refractivity contribution is 5.96. The van der Waals surface area contributed by atoms with Gasteiger partial charge in [0.2, 0.25) is 11.6 Å². The number of nitrogens with two attached hydrogens (primary N) is 1. The third-order valence-corrected chi connectivity index (χ3v) is 2.72. The molecule has 1 saturated heterocycles. The molecule has 1 aliphatic rings. The van der Waals surface area contributed by atoms with Gasteiger partial charge in [0, 0.05) is 13.0 Å². The second-order valence-electron chi connectivity index (χ2n) is 3.93. The van der Waals surface area contributed by atoms with Crippen LogP contribution in [0.25, 0.3) is 0 Å². The Labute approximate surface area is 107 Å². The maximum absolute atomic E-state index is 11.3.